The topological polar surface area (TPSA) is 110 Å². The molecule has 2 aromatic rings. The van der Waals surface area contributed by atoms with Crippen LogP contribution in [-0.4, -0.2) is 36.6 Å². The average molecular weight is 424 g/mol. The lowest BCUT2D eigenvalue weighted by atomic mass is 10.1. The van der Waals surface area contributed by atoms with Gasteiger partial charge in [-0.1, -0.05) is 18.0 Å². The highest BCUT2D eigenvalue weighted by atomic mass is 35.5. The molecule has 0 aliphatic carbocycles. The van der Waals surface area contributed by atoms with Crippen molar-refractivity contribution in [2.45, 2.75) is 24.2 Å². The average Bonchev–Trinajstić information content (AvgIpc) is 2.69. The van der Waals surface area contributed by atoms with Gasteiger partial charge in [0.25, 0.3) is 11.6 Å². The van der Waals surface area contributed by atoms with E-state index in [1.54, 1.807) is 0 Å². The Labute approximate surface area is 167 Å². The second-order valence-electron chi connectivity index (χ2n) is 6.36. The van der Waals surface area contributed by atoms with E-state index < -0.39 is 26.5 Å². The number of sulfonamides is 1. The largest absolute Gasteiger partial charge is 0.322 e. The molecule has 1 aliphatic heterocycles. The second kappa shape index (κ2) is 8.26. The molecule has 1 heterocycles. The molecule has 0 atom stereocenters. The minimum atomic E-state index is -3.57. The summed E-state index contributed by atoms with van der Waals surface area (Å²) in [4.78, 5) is 23.0. The molecule has 28 heavy (non-hydrogen) atoms. The van der Waals surface area contributed by atoms with Gasteiger partial charge in [0.2, 0.25) is 10.0 Å². The zero-order chi connectivity index (χ0) is 20.3. The van der Waals surface area contributed by atoms with Crippen molar-refractivity contribution >= 4 is 38.9 Å². The van der Waals surface area contributed by atoms with Crippen molar-refractivity contribution in [3.05, 3.63) is 63.2 Å². The van der Waals surface area contributed by atoms with Gasteiger partial charge in [0, 0.05) is 29.9 Å². The van der Waals surface area contributed by atoms with Crippen molar-refractivity contribution in [1.29, 1.82) is 0 Å². The van der Waals surface area contributed by atoms with Crippen LogP contribution < -0.4 is 5.32 Å². The number of anilines is 1. The van der Waals surface area contributed by atoms with Crippen LogP contribution in [0.4, 0.5) is 11.4 Å². The number of nitrogens with zero attached hydrogens (tertiary/aromatic N) is 2. The van der Waals surface area contributed by atoms with Gasteiger partial charge in [-0.3, -0.25) is 14.9 Å². The number of hydrogen-bond donors (Lipinski definition) is 1. The lowest BCUT2D eigenvalue weighted by Gasteiger charge is -2.25. The number of rotatable bonds is 5. The number of hydrogen-bond acceptors (Lipinski definition) is 5. The fourth-order valence-electron chi connectivity index (χ4n) is 3.01. The third kappa shape index (κ3) is 4.32. The lowest BCUT2D eigenvalue weighted by Crippen LogP contribution is -2.35. The maximum atomic E-state index is 12.6. The van der Waals surface area contributed by atoms with E-state index in [0.29, 0.717) is 18.8 Å². The summed E-state index contributed by atoms with van der Waals surface area (Å²) in [7, 11) is -3.57. The molecule has 1 aliphatic rings. The Kier molecular flexibility index (Phi) is 5.97. The molecule has 2 aromatic carbocycles. The number of nitro groups is 1. The molecule has 1 saturated heterocycles. The first-order valence-corrected chi connectivity index (χ1v) is 10.5. The fraction of sp³-hybridized carbons (Fsp3) is 0.278. The van der Waals surface area contributed by atoms with Crippen molar-refractivity contribution in [3.8, 4) is 0 Å². The number of benzene rings is 2. The molecule has 10 heteroatoms. The standard InChI is InChI=1S/C18H18ClN3O5S/c19-13-4-9-16(17(12-13)22(24)25)18(23)20-14-5-7-15(8-6-14)28(26,27)21-10-2-1-3-11-21/h4-9,12H,1-3,10-11H2,(H,20,23). The van der Waals surface area contributed by atoms with Crippen LogP contribution in [0.25, 0.3) is 0 Å². The van der Waals surface area contributed by atoms with Crippen LogP contribution in [0.3, 0.4) is 0 Å². The van der Waals surface area contributed by atoms with Gasteiger partial charge in [-0.05, 0) is 49.2 Å². The maximum Gasteiger partial charge on any atom is 0.283 e. The molecule has 1 fully saturated rings. The minimum Gasteiger partial charge on any atom is -0.322 e. The number of amides is 1. The van der Waals surface area contributed by atoms with E-state index in [2.05, 4.69) is 5.32 Å². The highest BCUT2D eigenvalue weighted by molar-refractivity contribution is 7.89. The quantitative estimate of drug-likeness (QED) is 0.582. The van der Waals surface area contributed by atoms with Crippen LogP contribution >= 0.6 is 11.6 Å². The first-order chi connectivity index (χ1) is 13.3. The minimum absolute atomic E-state index is 0.139. The van der Waals surface area contributed by atoms with E-state index in [4.69, 9.17) is 11.6 Å². The summed E-state index contributed by atoms with van der Waals surface area (Å²) < 4.78 is 26.7. The smallest absolute Gasteiger partial charge is 0.283 e. The predicted octanol–water partition coefficient (Wildman–Crippen LogP) is 3.68. The van der Waals surface area contributed by atoms with Gasteiger partial charge in [0.1, 0.15) is 5.56 Å². The predicted molar refractivity (Wildman–Crippen MR) is 105 cm³/mol. The highest BCUT2D eigenvalue weighted by Gasteiger charge is 2.26. The van der Waals surface area contributed by atoms with Gasteiger partial charge < -0.3 is 5.32 Å². The Bertz CT molecular complexity index is 1000. The molecule has 0 bridgehead atoms. The van der Waals surface area contributed by atoms with E-state index in [-0.39, 0.29) is 15.5 Å². The van der Waals surface area contributed by atoms with Crippen molar-refractivity contribution in [3.63, 3.8) is 0 Å². The van der Waals surface area contributed by atoms with Gasteiger partial charge in [-0.25, -0.2) is 8.42 Å². The van der Waals surface area contributed by atoms with Gasteiger partial charge >= 0.3 is 0 Å². The van der Waals surface area contributed by atoms with Gasteiger partial charge in [0.05, 0.1) is 9.82 Å². The summed E-state index contributed by atoms with van der Waals surface area (Å²) in [6.45, 7) is 1.00. The molecule has 8 nitrogen and oxygen atoms in total. The summed E-state index contributed by atoms with van der Waals surface area (Å²) in [5.41, 5.74) is -0.222. The third-order valence-corrected chi connectivity index (χ3v) is 6.61. The monoisotopic (exact) mass is 423 g/mol. The number of nitro benzene ring substituents is 1. The summed E-state index contributed by atoms with van der Waals surface area (Å²) in [5, 5.41) is 13.8. The zero-order valence-electron chi connectivity index (χ0n) is 14.8. The second-order valence-corrected chi connectivity index (χ2v) is 8.74. The van der Waals surface area contributed by atoms with Gasteiger partial charge in [0.15, 0.2) is 0 Å². The molecule has 0 unspecified atom stereocenters. The normalized spacial score (nSPS) is 15.2. The van der Waals surface area contributed by atoms with E-state index in [9.17, 15) is 23.3 Å². The lowest BCUT2D eigenvalue weighted by molar-refractivity contribution is -0.385. The van der Waals surface area contributed by atoms with E-state index in [1.807, 2.05) is 0 Å². The molecular weight excluding hydrogens is 406 g/mol. The Balaban J connectivity index is 1.78. The third-order valence-electron chi connectivity index (χ3n) is 4.47. The van der Waals surface area contributed by atoms with Crippen LogP contribution in [0.15, 0.2) is 47.4 Å². The fourth-order valence-corrected chi connectivity index (χ4v) is 4.69. The van der Waals surface area contributed by atoms with Gasteiger partial charge in [-0.15, -0.1) is 0 Å². The Hall–Kier alpha value is -2.49. The number of carbonyl (C=O) groups excluding carboxylic acids is 1. The van der Waals surface area contributed by atoms with E-state index >= 15 is 0 Å². The molecule has 0 aromatic heterocycles. The van der Waals surface area contributed by atoms with Crippen LogP contribution in [0.5, 0.6) is 0 Å². The SMILES string of the molecule is O=C(Nc1ccc(S(=O)(=O)N2CCCCC2)cc1)c1ccc(Cl)cc1[N+](=O)[O-]. The molecule has 1 amide bonds. The molecule has 1 N–H and O–H groups in total. The molecule has 0 radical (unpaired) electrons. The molecule has 0 saturated carbocycles. The van der Waals surface area contributed by atoms with Crippen LogP contribution in [0.1, 0.15) is 29.6 Å². The zero-order valence-corrected chi connectivity index (χ0v) is 16.4. The summed E-state index contributed by atoms with van der Waals surface area (Å²) in [5.74, 6) is -0.685. The van der Waals surface area contributed by atoms with E-state index in [0.717, 1.165) is 25.3 Å². The summed E-state index contributed by atoms with van der Waals surface area (Å²) in [6.07, 6.45) is 2.70. The number of carbonyl (C=O) groups is 1. The number of nitrogens with one attached hydrogen (secondary N) is 1. The Morgan fingerprint density at radius 3 is 2.32 bits per heavy atom. The maximum absolute atomic E-state index is 12.6. The number of halogens is 1. The van der Waals surface area contributed by atoms with Crippen molar-refractivity contribution < 1.29 is 18.1 Å². The van der Waals surface area contributed by atoms with E-state index in [1.165, 1.54) is 40.7 Å². The van der Waals surface area contributed by atoms with Crippen molar-refractivity contribution in [1.82, 2.24) is 4.31 Å². The van der Waals surface area contributed by atoms with Crippen molar-refractivity contribution in [2.24, 2.45) is 0 Å². The Morgan fingerprint density at radius 2 is 1.71 bits per heavy atom. The molecule has 3 rings (SSSR count). The first kappa shape index (κ1) is 20.2. The van der Waals surface area contributed by atoms with Crippen LogP contribution in [-0.2, 0) is 10.0 Å². The van der Waals surface area contributed by atoms with Gasteiger partial charge in [-0.2, -0.15) is 4.31 Å². The molecule has 0 spiro atoms. The number of piperidine rings is 1. The van der Waals surface area contributed by atoms with Crippen LogP contribution in [0.2, 0.25) is 5.02 Å². The van der Waals surface area contributed by atoms with Crippen LogP contribution in [0, 0.1) is 10.1 Å². The first-order valence-electron chi connectivity index (χ1n) is 8.64. The highest BCUT2D eigenvalue weighted by Crippen LogP contribution is 2.25. The summed E-state index contributed by atoms with van der Waals surface area (Å²) in [6, 6.07) is 9.49. The van der Waals surface area contributed by atoms with Crippen molar-refractivity contribution in [2.75, 3.05) is 18.4 Å². The Morgan fingerprint density at radius 1 is 1.07 bits per heavy atom. The molecule has 148 valence electrons. The summed E-state index contributed by atoms with van der Waals surface area (Å²) >= 11 is 5.75. The molecular formula is C18H18ClN3O5S.